The van der Waals surface area contributed by atoms with Crippen LogP contribution in [0.1, 0.15) is 30.5 Å². The second kappa shape index (κ2) is 6.63. The molecule has 0 spiro atoms. The highest BCUT2D eigenvalue weighted by molar-refractivity contribution is 7.98. The number of nitrogens with one attached hydrogen (secondary N) is 1. The summed E-state index contributed by atoms with van der Waals surface area (Å²) < 4.78 is 0. The topological polar surface area (TPSA) is 64.8 Å². The average molecular weight is 303 g/mol. The van der Waals surface area contributed by atoms with Gasteiger partial charge < -0.3 is 10.2 Å². The first kappa shape index (κ1) is 14.6. The van der Waals surface area contributed by atoms with Crippen LogP contribution in [0.3, 0.4) is 0 Å². The molecule has 112 valence electrons. The van der Waals surface area contributed by atoms with Gasteiger partial charge in [-0.3, -0.25) is 0 Å². The predicted molar refractivity (Wildman–Crippen MR) is 84.4 cm³/mol. The van der Waals surface area contributed by atoms with Crippen LogP contribution < -0.4 is 10.2 Å². The highest BCUT2D eigenvalue weighted by atomic mass is 32.2. The Bertz CT molecular complexity index is 554. The van der Waals surface area contributed by atoms with Crippen LogP contribution in [0.25, 0.3) is 0 Å². The van der Waals surface area contributed by atoms with Crippen LogP contribution in [0.15, 0.2) is 5.16 Å². The zero-order chi connectivity index (χ0) is 14.7. The maximum atomic E-state index is 8.94. The first-order valence-corrected chi connectivity index (χ1v) is 8.80. The lowest BCUT2D eigenvalue weighted by Crippen LogP contribution is -2.38. The monoisotopic (exact) mass is 303 g/mol. The number of nitriles is 1. The fraction of sp³-hybridized carbons (Fsp3) is 0.667. The average Bonchev–Trinajstić information content (AvgIpc) is 2.54. The Morgan fingerprint density at radius 2 is 2.38 bits per heavy atom. The molecule has 1 fully saturated rings. The highest BCUT2D eigenvalue weighted by Crippen LogP contribution is 2.30. The van der Waals surface area contributed by atoms with Gasteiger partial charge in [0.15, 0.2) is 5.16 Å². The third kappa shape index (κ3) is 3.14. The van der Waals surface area contributed by atoms with Crippen molar-refractivity contribution in [2.75, 3.05) is 30.8 Å². The van der Waals surface area contributed by atoms with Crippen molar-refractivity contribution in [1.29, 1.82) is 5.26 Å². The molecule has 1 aromatic rings. The Morgan fingerprint density at radius 3 is 3.19 bits per heavy atom. The Labute approximate surface area is 130 Å². The van der Waals surface area contributed by atoms with Crippen molar-refractivity contribution in [2.24, 2.45) is 5.92 Å². The number of piperidine rings is 1. The van der Waals surface area contributed by atoms with E-state index in [1.54, 1.807) is 11.8 Å². The number of aromatic nitrogens is 2. The van der Waals surface area contributed by atoms with Crippen LogP contribution in [0.2, 0.25) is 0 Å². The van der Waals surface area contributed by atoms with Gasteiger partial charge in [0.1, 0.15) is 5.82 Å². The quantitative estimate of drug-likeness (QED) is 0.680. The van der Waals surface area contributed by atoms with Gasteiger partial charge in [-0.15, -0.1) is 0 Å². The van der Waals surface area contributed by atoms with Gasteiger partial charge in [0.05, 0.1) is 11.8 Å². The molecular weight excluding hydrogens is 282 g/mol. The number of rotatable bonds is 3. The van der Waals surface area contributed by atoms with Crippen LogP contribution >= 0.6 is 11.8 Å². The van der Waals surface area contributed by atoms with Crippen LogP contribution in [0.4, 0.5) is 5.82 Å². The van der Waals surface area contributed by atoms with Gasteiger partial charge in [-0.1, -0.05) is 11.8 Å². The van der Waals surface area contributed by atoms with E-state index in [1.165, 1.54) is 5.56 Å². The first-order chi connectivity index (χ1) is 10.3. The fourth-order valence-corrected chi connectivity index (χ4v) is 3.60. The maximum Gasteiger partial charge on any atom is 0.189 e. The van der Waals surface area contributed by atoms with Crippen LogP contribution in [0.5, 0.6) is 0 Å². The van der Waals surface area contributed by atoms with Gasteiger partial charge in [0, 0.05) is 31.6 Å². The summed E-state index contributed by atoms with van der Waals surface area (Å²) in [5, 5.41) is 13.2. The highest BCUT2D eigenvalue weighted by Gasteiger charge is 2.26. The van der Waals surface area contributed by atoms with E-state index < -0.39 is 0 Å². The molecule has 21 heavy (non-hydrogen) atoms. The van der Waals surface area contributed by atoms with Crippen molar-refractivity contribution in [2.45, 2.75) is 37.4 Å². The van der Waals surface area contributed by atoms with Crippen molar-refractivity contribution in [3.8, 4) is 6.07 Å². The minimum Gasteiger partial charge on any atom is -0.356 e. The molecule has 1 atom stereocenters. The molecule has 1 saturated heterocycles. The lowest BCUT2D eigenvalue weighted by molar-refractivity contribution is 0.417. The van der Waals surface area contributed by atoms with Gasteiger partial charge in [0.2, 0.25) is 0 Å². The van der Waals surface area contributed by atoms with Crippen molar-refractivity contribution in [3.05, 3.63) is 11.3 Å². The fourth-order valence-electron chi connectivity index (χ4n) is 3.22. The number of anilines is 1. The summed E-state index contributed by atoms with van der Waals surface area (Å²) in [7, 11) is 0. The van der Waals surface area contributed by atoms with Crippen LogP contribution in [-0.2, 0) is 13.0 Å². The van der Waals surface area contributed by atoms with Crippen molar-refractivity contribution < 1.29 is 0 Å². The Kier molecular flexibility index (Phi) is 4.61. The second-order valence-corrected chi connectivity index (χ2v) is 6.48. The molecular formula is C15H21N5S. The zero-order valence-corrected chi connectivity index (χ0v) is 13.2. The molecule has 2 aliphatic rings. The van der Waals surface area contributed by atoms with Gasteiger partial charge >= 0.3 is 0 Å². The molecule has 3 rings (SSSR count). The minimum atomic E-state index is 0.480. The summed E-state index contributed by atoms with van der Waals surface area (Å²) in [6.07, 6.45) is 5.99. The molecule has 3 heterocycles. The van der Waals surface area contributed by atoms with E-state index in [1.807, 2.05) is 6.26 Å². The molecule has 2 aliphatic heterocycles. The second-order valence-electron chi connectivity index (χ2n) is 5.70. The summed E-state index contributed by atoms with van der Waals surface area (Å²) in [5.74, 6) is 1.60. The molecule has 0 aliphatic carbocycles. The third-order valence-corrected chi connectivity index (χ3v) is 4.82. The Balaban J connectivity index is 1.91. The SMILES string of the molecule is CSc1nc2c(c(N3CCCC(CC#N)C3)n1)CCNC2. The molecule has 5 nitrogen and oxygen atoms in total. The lowest BCUT2D eigenvalue weighted by atomic mass is 9.94. The summed E-state index contributed by atoms with van der Waals surface area (Å²) in [4.78, 5) is 11.8. The summed E-state index contributed by atoms with van der Waals surface area (Å²) in [5.41, 5.74) is 2.46. The largest absolute Gasteiger partial charge is 0.356 e. The van der Waals surface area contributed by atoms with E-state index in [0.717, 1.165) is 62.1 Å². The van der Waals surface area contributed by atoms with Crippen molar-refractivity contribution in [1.82, 2.24) is 15.3 Å². The normalized spacial score (nSPS) is 21.7. The molecule has 1 aromatic heterocycles. The van der Waals surface area contributed by atoms with E-state index in [9.17, 15) is 0 Å². The number of thioether (sulfide) groups is 1. The molecule has 0 saturated carbocycles. The van der Waals surface area contributed by atoms with E-state index >= 15 is 0 Å². The van der Waals surface area contributed by atoms with E-state index in [-0.39, 0.29) is 0 Å². The molecule has 0 aromatic carbocycles. The van der Waals surface area contributed by atoms with Crippen LogP contribution in [0, 0.1) is 17.2 Å². The molecule has 6 heteroatoms. The summed E-state index contributed by atoms with van der Waals surface area (Å²) in [6, 6.07) is 2.32. The molecule has 0 bridgehead atoms. The summed E-state index contributed by atoms with van der Waals surface area (Å²) >= 11 is 1.60. The molecule has 1 N–H and O–H groups in total. The minimum absolute atomic E-state index is 0.480. The standard InChI is InChI=1S/C15H21N5S/c1-21-15-18-13-9-17-7-5-12(13)14(19-15)20-8-2-3-11(10-20)4-6-16/h11,17H,2-5,7-10H2,1H3. The maximum absolute atomic E-state index is 8.94. The first-order valence-electron chi connectivity index (χ1n) is 7.58. The third-order valence-electron chi connectivity index (χ3n) is 4.28. The van der Waals surface area contributed by atoms with Gasteiger partial charge in [0.25, 0.3) is 0 Å². The lowest BCUT2D eigenvalue weighted by Gasteiger charge is -2.35. The van der Waals surface area contributed by atoms with E-state index in [0.29, 0.717) is 12.3 Å². The van der Waals surface area contributed by atoms with Crippen molar-refractivity contribution >= 4 is 17.6 Å². The Hall–Kier alpha value is -1.32. The van der Waals surface area contributed by atoms with Crippen molar-refractivity contribution in [3.63, 3.8) is 0 Å². The number of hydrogen-bond donors (Lipinski definition) is 1. The zero-order valence-electron chi connectivity index (χ0n) is 12.4. The predicted octanol–water partition coefficient (Wildman–Crippen LogP) is 1.97. The van der Waals surface area contributed by atoms with Crippen LogP contribution in [-0.4, -0.2) is 35.9 Å². The van der Waals surface area contributed by atoms with Gasteiger partial charge in [-0.25, -0.2) is 9.97 Å². The molecule has 0 amide bonds. The van der Waals surface area contributed by atoms with Gasteiger partial charge in [-0.05, 0) is 38.0 Å². The number of nitrogens with zero attached hydrogens (tertiary/aromatic N) is 4. The Morgan fingerprint density at radius 1 is 1.48 bits per heavy atom. The number of hydrogen-bond acceptors (Lipinski definition) is 6. The van der Waals surface area contributed by atoms with E-state index in [4.69, 9.17) is 10.2 Å². The molecule has 1 unspecified atom stereocenters. The molecule has 0 radical (unpaired) electrons. The smallest absolute Gasteiger partial charge is 0.189 e. The van der Waals surface area contributed by atoms with Gasteiger partial charge in [-0.2, -0.15) is 5.26 Å². The van der Waals surface area contributed by atoms with E-state index in [2.05, 4.69) is 21.3 Å². The number of fused-ring (bicyclic) bond motifs is 1. The summed E-state index contributed by atoms with van der Waals surface area (Å²) in [6.45, 7) is 3.84.